The molecule has 1 aliphatic heterocycles. The van der Waals surface area contributed by atoms with E-state index in [2.05, 4.69) is 41.4 Å². The van der Waals surface area contributed by atoms with Crippen LogP contribution in [-0.4, -0.2) is 35.2 Å². The van der Waals surface area contributed by atoms with E-state index in [4.69, 9.17) is 0 Å². The second-order valence-electron chi connectivity index (χ2n) is 6.68. The van der Waals surface area contributed by atoms with Crippen LogP contribution in [0.5, 0.6) is 0 Å². The number of benzene rings is 2. The normalized spacial score (nSPS) is 19.0. The first-order valence-electron chi connectivity index (χ1n) is 8.57. The van der Waals surface area contributed by atoms with Crippen LogP contribution in [0.2, 0.25) is 0 Å². The first-order chi connectivity index (χ1) is 11.6. The molecule has 0 aromatic heterocycles. The maximum atomic E-state index is 13.7. The van der Waals surface area contributed by atoms with Crippen LogP contribution < -0.4 is 5.32 Å². The van der Waals surface area contributed by atoms with Crippen molar-refractivity contribution in [1.29, 1.82) is 0 Å². The number of aliphatic hydroxyl groups is 1. The Hall–Kier alpha value is -1.91. The van der Waals surface area contributed by atoms with Crippen LogP contribution in [0.15, 0.2) is 54.6 Å². The number of piperidine rings is 1. The van der Waals surface area contributed by atoms with Crippen molar-refractivity contribution in [3.8, 4) is 0 Å². The highest BCUT2D eigenvalue weighted by Gasteiger charge is 2.33. The van der Waals surface area contributed by atoms with E-state index >= 15 is 0 Å². The predicted molar refractivity (Wildman–Crippen MR) is 95.5 cm³/mol. The minimum absolute atomic E-state index is 0.281. The van der Waals surface area contributed by atoms with Gasteiger partial charge in [-0.2, -0.15) is 0 Å². The van der Waals surface area contributed by atoms with E-state index in [0.29, 0.717) is 31.1 Å². The van der Waals surface area contributed by atoms with E-state index in [0.717, 1.165) is 13.1 Å². The number of likely N-dealkylation sites (tertiary alicyclic amines) is 1. The van der Waals surface area contributed by atoms with Gasteiger partial charge >= 0.3 is 0 Å². The maximum absolute atomic E-state index is 13.7. The summed E-state index contributed by atoms with van der Waals surface area (Å²) in [4.78, 5) is 2.40. The zero-order chi connectivity index (χ0) is 17.0. The number of anilines is 1. The van der Waals surface area contributed by atoms with Gasteiger partial charge in [-0.05, 0) is 37.5 Å². The molecule has 1 aliphatic rings. The molecule has 1 fully saturated rings. The Balaban J connectivity index is 1.55. The molecule has 1 heterocycles. The van der Waals surface area contributed by atoms with Crippen LogP contribution in [0.1, 0.15) is 31.4 Å². The lowest BCUT2D eigenvalue weighted by Crippen LogP contribution is -2.48. The van der Waals surface area contributed by atoms with E-state index in [9.17, 15) is 9.50 Å². The van der Waals surface area contributed by atoms with Crippen molar-refractivity contribution in [2.45, 2.75) is 31.4 Å². The molecule has 0 radical (unpaired) electrons. The van der Waals surface area contributed by atoms with Crippen molar-refractivity contribution in [1.82, 2.24) is 4.90 Å². The van der Waals surface area contributed by atoms with Crippen LogP contribution in [0.25, 0.3) is 0 Å². The fourth-order valence-electron chi connectivity index (χ4n) is 3.31. The summed E-state index contributed by atoms with van der Waals surface area (Å²) in [7, 11) is 0. The maximum Gasteiger partial charge on any atom is 0.146 e. The van der Waals surface area contributed by atoms with Gasteiger partial charge < -0.3 is 10.4 Å². The van der Waals surface area contributed by atoms with Gasteiger partial charge in [0, 0.05) is 25.7 Å². The van der Waals surface area contributed by atoms with Gasteiger partial charge in [0.2, 0.25) is 0 Å². The van der Waals surface area contributed by atoms with Crippen molar-refractivity contribution < 1.29 is 9.50 Å². The number of hydrogen-bond acceptors (Lipinski definition) is 3. The van der Waals surface area contributed by atoms with E-state index in [1.165, 1.54) is 11.6 Å². The molecule has 1 atom stereocenters. The Kier molecular flexibility index (Phi) is 5.17. The third kappa shape index (κ3) is 3.94. The second-order valence-corrected chi connectivity index (χ2v) is 6.68. The number of halogens is 1. The van der Waals surface area contributed by atoms with Crippen LogP contribution >= 0.6 is 0 Å². The van der Waals surface area contributed by atoms with Crippen molar-refractivity contribution in [2.75, 3.05) is 25.0 Å². The average Bonchev–Trinajstić information content (AvgIpc) is 2.62. The van der Waals surface area contributed by atoms with Crippen LogP contribution in [0, 0.1) is 5.82 Å². The molecular weight excluding hydrogens is 303 g/mol. The number of hydrogen-bond donors (Lipinski definition) is 2. The first kappa shape index (κ1) is 16.9. The molecule has 0 aliphatic carbocycles. The zero-order valence-corrected chi connectivity index (χ0v) is 14.1. The van der Waals surface area contributed by atoms with Crippen LogP contribution in [-0.2, 0) is 0 Å². The van der Waals surface area contributed by atoms with Gasteiger partial charge in [0.1, 0.15) is 5.82 Å². The zero-order valence-electron chi connectivity index (χ0n) is 14.1. The topological polar surface area (TPSA) is 35.5 Å². The molecule has 0 spiro atoms. The summed E-state index contributed by atoms with van der Waals surface area (Å²) in [5.41, 5.74) is 0.966. The summed E-state index contributed by atoms with van der Waals surface area (Å²) in [6.07, 6.45) is 1.37. The Labute approximate surface area is 143 Å². The Morgan fingerprint density at radius 2 is 1.71 bits per heavy atom. The molecule has 2 N–H and O–H groups in total. The van der Waals surface area contributed by atoms with Gasteiger partial charge in [0.05, 0.1) is 11.3 Å². The lowest BCUT2D eigenvalue weighted by atomic mass is 9.90. The highest BCUT2D eigenvalue weighted by Crippen LogP contribution is 2.29. The van der Waals surface area contributed by atoms with E-state index in [-0.39, 0.29) is 5.82 Å². The van der Waals surface area contributed by atoms with Crippen LogP contribution in [0.4, 0.5) is 10.1 Å². The van der Waals surface area contributed by atoms with Crippen LogP contribution in [0.3, 0.4) is 0 Å². The summed E-state index contributed by atoms with van der Waals surface area (Å²) < 4.78 is 13.7. The lowest BCUT2D eigenvalue weighted by Gasteiger charge is -2.41. The fraction of sp³-hybridized carbons (Fsp3) is 0.400. The molecule has 2 aromatic carbocycles. The van der Waals surface area contributed by atoms with Gasteiger partial charge in [-0.3, -0.25) is 4.90 Å². The third-order valence-electron chi connectivity index (χ3n) is 5.04. The minimum atomic E-state index is -0.783. The molecule has 0 saturated carbocycles. The molecule has 3 nitrogen and oxygen atoms in total. The number of nitrogens with one attached hydrogen (secondary N) is 1. The van der Waals surface area contributed by atoms with Crippen molar-refractivity contribution in [3.63, 3.8) is 0 Å². The van der Waals surface area contributed by atoms with Crippen molar-refractivity contribution in [3.05, 3.63) is 66.0 Å². The molecule has 2 aromatic rings. The second kappa shape index (κ2) is 7.32. The number of rotatable bonds is 5. The Morgan fingerprint density at radius 3 is 2.38 bits per heavy atom. The van der Waals surface area contributed by atoms with Gasteiger partial charge in [0.25, 0.3) is 0 Å². The first-order valence-corrected chi connectivity index (χ1v) is 8.57. The summed E-state index contributed by atoms with van der Waals surface area (Å²) in [5, 5.41) is 13.8. The molecule has 0 amide bonds. The van der Waals surface area contributed by atoms with Gasteiger partial charge in [-0.15, -0.1) is 0 Å². The summed E-state index contributed by atoms with van der Waals surface area (Å²) >= 11 is 0. The van der Waals surface area contributed by atoms with Crippen molar-refractivity contribution >= 4 is 5.69 Å². The summed E-state index contributed by atoms with van der Waals surface area (Å²) in [5.74, 6) is -0.281. The standard InChI is InChI=1S/C20H25FN2O/c1-16(17-7-3-2-4-8-17)23-13-11-20(24,12-14-23)15-22-19-10-6-5-9-18(19)21/h2-10,16,22,24H,11-15H2,1H3. The third-order valence-corrected chi connectivity index (χ3v) is 5.04. The monoisotopic (exact) mass is 328 g/mol. The molecule has 128 valence electrons. The Bertz CT molecular complexity index is 654. The smallest absolute Gasteiger partial charge is 0.146 e. The molecule has 3 rings (SSSR count). The van der Waals surface area contributed by atoms with E-state index < -0.39 is 5.60 Å². The SMILES string of the molecule is CC(c1ccccc1)N1CCC(O)(CNc2ccccc2F)CC1. The van der Waals surface area contributed by atoms with Gasteiger partial charge in [0.15, 0.2) is 0 Å². The van der Waals surface area contributed by atoms with Gasteiger partial charge in [-0.1, -0.05) is 42.5 Å². The molecule has 0 bridgehead atoms. The number of para-hydroxylation sites is 1. The largest absolute Gasteiger partial charge is 0.388 e. The average molecular weight is 328 g/mol. The van der Waals surface area contributed by atoms with E-state index in [1.54, 1.807) is 18.2 Å². The highest BCUT2D eigenvalue weighted by molar-refractivity contribution is 5.44. The number of nitrogens with zero attached hydrogens (tertiary/aromatic N) is 1. The van der Waals surface area contributed by atoms with Gasteiger partial charge in [-0.25, -0.2) is 4.39 Å². The minimum Gasteiger partial charge on any atom is -0.388 e. The molecule has 1 saturated heterocycles. The van der Waals surface area contributed by atoms with Crippen molar-refractivity contribution in [2.24, 2.45) is 0 Å². The molecular formula is C20H25FN2O. The molecule has 1 unspecified atom stereocenters. The summed E-state index contributed by atoms with van der Waals surface area (Å²) in [6, 6.07) is 17.4. The van der Waals surface area contributed by atoms with E-state index in [1.807, 2.05) is 6.07 Å². The summed E-state index contributed by atoms with van der Waals surface area (Å²) in [6.45, 7) is 4.26. The fourth-order valence-corrected chi connectivity index (χ4v) is 3.31. The Morgan fingerprint density at radius 1 is 1.08 bits per heavy atom. The molecule has 24 heavy (non-hydrogen) atoms. The quantitative estimate of drug-likeness (QED) is 0.876. The molecule has 4 heteroatoms. The lowest BCUT2D eigenvalue weighted by molar-refractivity contribution is -0.0193. The highest BCUT2D eigenvalue weighted by atomic mass is 19.1. The predicted octanol–water partition coefficient (Wildman–Crippen LogP) is 3.83.